The van der Waals surface area contributed by atoms with Gasteiger partial charge in [-0.25, -0.2) is 0 Å². The molecule has 1 N–H and O–H groups in total. The molecule has 0 atom stereocenters. The fourth-order valence-electron chi connectivity index (χ4n) is 2.85. The Balaban J connectivity index is 2.06. The third kappa shape index (κ3) is 4.69. The van der Waals surface area contributed by atoms with Gasteiger partial charge in [0, 0.05) is 37.6 Å². The lowest BCUT2D eigenvalue weighted by Crippen LogP contribution is -2.44. The van der Waals surface area contributed by atoms with Crippen LogP contribution in [-0.2, 0) is 19.7 Å². The monoisotopic (exact) mass is 320 g/mol. The van der Waals surface area contributed by atoms with Crippen molar-refractivity contribution in [2.45, 2.75) is 31.1 Å². The molecule has 2 rings (SSSR count). The summed E-state index contributed by atoms with van der Waals surface area (Å²) < 4.78 is 10.6. The topological polar surface area (TPSA) is 87.7 Å². The zero-order valence-corrected chi connectivity index (χ0v) is 13.3. The number of rotatable bonds is 7. The van der Waals surface area contributed by atoms with Gasteiger partial charge in [-0.15, -0.1) is 0 Å². The summed E-state index contributed by atoms with van der Waals surface area (Å²) in [6, 6.07) is 7.84. The third-order valence-electron chi connectivity index (χ3n) is 4.33. The molecule has 0 radical (unpaired) electrons. The van der Waals surface area contributed by atoms with Crippen molar-refractivity contribution >= 4 is 11.9 Å². The van der Waals surface area contributed by atoms with Gasteiger partial charge in [0.25, 0.3) is 0 Å². The molecule has 1 aliphatic rings. The molecule has 1 aromatic rings. The Morgan fingerprint density at radius 3 is 2.43 bits per heavy atom. The SMILES string of the molecule is COc1ccc(C2(CNC(=O)CCC(=O)[O-])CCOCC2)cc1. The van der Waals surface area contributed by atoms with E-state index in [0.29, 0.717) is 19.8 Å². The summed E-state index contributed by atoms with van der Waals surface area (Å²) in [5.74, 6) is -0.696. The lowest BCUT2D eigenvalue weighted by Gasteiger charge is -2.38. The van der Waals surface area contributed by atoms with E-state index in [1.54, 1.807) is 7.11 Å². The number of nitrogens with one attached hydrogen (secondary N) is 1. The Kier molecular flexibility index (Phi) is 5.98. The molecule has 1 aromatic carbocycles. The van der Waals surface area contributed by atoms with E-state index in [1.807, 2.05) is 24.3 Å². The maximum atomic E-state index is 11.8. The first-order chi connectivity index (χ1) is 11.1. The van der Waals surface area contributed by atoms with E-state index in [9.17, 15) is 14.7 Å². The number of ether oxygens (including phenoxy) is 2. The van der Waals surface area contributed by atoms with Crippen molar-refractivity contribution in [1.82, 2.24) is 5.32 Å². The average molecular weight is 320 g/mol. The van der Waals surface area contributed by atoms with E-state index in [2.05, 4.69) is 5.32 Å². The minimum atomic E-state index is -1.21. The highest BCUT2D eigenvalue weighted by Gasteiger charge is 2.34. The van der Waals surface area contributed by atoms with Gasteiger partial charge in [-0.3, -0.25) is 4.79 Å². The van der Waals surface area contributed by atoms with Crippen molar-refractivity contribution in [1.29, 1.82) is 0 Å². The van der Waals surface area contributed by atoms with Crippen LogP contribution in [-0.4, -0.2) is 38.7 Å². The quantitative estimate of drug-likeness (QED) is 0.785. The number of benzene rings is 1. The first kappa shape index (κ1) is 17.3. The molecule has 0 bridgehead atoms. The standard InChI is InChI=1S/C17H23NO5/c1-22-14-4-2-13(3-5-14)17(8-10-23-11-9-17)12-18-15(19)6-7-16(20)21/h2-5H,6-12H2,1H3,(H,18,19)(H,20,21)/p-1. The van der Waals surface area contributed by atoms with Gasteiger partial charge in [0.15, 0.2) is 0 Å². The number of amides is 1. The summed E-state index contributed by atoms with van der Waals surface area (Å²) in [6.45, 7) is 1.75. The van der Waals surface area contributed by atoms with Crippen LogP contribution in [0.3, 0.4) is 0 Å². The molecule has 1 amide bonds. The average Bonchev–Trinajstić information content (AvgIpc) is 2.59. The molecule has 0 unspecified atom stereocenters. The zero-order valence-electron chi connectivity index (χ0n) is 13.3. The van der Waals surface area contributed by atoms with Gasteiger partial charge in [-0.05, 0) is 37.0 Å². The Morgan fingerprint density at radius 2 is 1.87 bits per heavy atom. The van der Waals surface area contributed by atoms with Crippen LogP contribution < -0.4 is 15.2 Å². The highest BCUT2D eigenvalue weighted by Crippen LogP contribution is 2.35. The molecule has 0 aromatic heterocycles. The van der Waals surface area contributed by atoms with E-state index in [1.165, 1.54) is 0 Å². The van der Waals surface area contributed by atoms with Crippen LogP contribution in [0.5, 0.6) is 5.75 Å². The normalized spacial score (nSPS) is 16.6. The second-order valence-electron chi connectivity index (χ2n) is 5.77. The molecule has 1 saturated heterocycles. The van der Waals surface area contributed by atoms with E-state index < -0.39 is 5.97 Å². The van der Waals surface area contributed by atoms with E-state index >= 15 is 0 Å². The maximum absolute atomic E-state index is 11.8. The van der Waals surface area contributed by atoms with Crippen LogP contribution >= 0.6 is 0 Å². The number of carbonyl (C=O) groups is 2. The predicted octanol–water partition coefficient (Wildman–Crippen LogP) is 0.390. The molecule has 0 aliphatic carbocycles. The predicted molar refractivity (Wildman–Crippen MR) is 82.0 cm³/mol. The van der Waals surface area contributed by atoms with Gasteiger partial charge in [0.2, 0.25) is 5.91 Å². The smallest absolute Gasteiger partial charge is 0.220 e. The van der Waals surface area contributed by atoms with Crippen LogP contribution in [0, 0.1) is 0 Å². The van der Waals surface area contributed by atoms with Crippen molar-refractivity contribution < 1.29 is 24.2 Å². The molecule has 1 heterocycles. The summed E-state index contributed by atoms with van der Waals surface area (Å²) in [5, 5.41) is 13.3. The first-order valence-corrected chi connectivity index (χ1v) is 7.74. The fourth-order valence-corrected chi connectivity index (χ4v) is 2.85. The number of hydrogen-bond donors (Lipinski definition) is 1. The van der Waals surface area contributed by atoms with Crippen LogP contribution in [0.2, 0.25) is 0 Å². The number of carboxylic acid groups (broad SMARTS) is 1. The maximum Gasteiger partial charge on any atom is 0.220 e. The second kappa shape index (κ2) is 7.97. The lowest BCUT2D eigenvalue weighted by atomic mass is 9.74. The number of carbonyl (C=O) groups excluding carboxylic acids is 2. The largest absolute Gasteiger partial charge is 0.550 e. The Morgan fingerprint density at radius 1 is 1.22 bits per heavy atom. The summed E-state index contributed by atoms with van der Waals surface area (Å²) in [5.41, 5.74) is 0.934. The summed E-state index contributed by atoms with van der Waals surface area (Å²) in [4.78, 5) is 22.2. The number of methoxy groups -OCH3 is 1. The van der Waals surface area contributed by atoms with Crippen molar-refractivity contribution in [2.75, 3.05) is 26.9 Å². The van der Waals surface area contributed by atoms with Crippen molar-refractivity contribution in [3.05, 3.63) is 29.8 Å². The van der Waals surface area contributed by atoms with Crippen molar-refractivity contribution in [2.24, 2.45) is 0 Å². The molecule has 0 spiro atoms. The summed E-state index contributed by atoms with van der Waals surface area (Å²) in [6.07, 6.45) is 1.29. The molecule has 1 fully saturated rings. The zero-order chi connectivity index (χ0) is 16.7. The molecule has 6 heteroatoms. The highest BCUT2D eigenvalue weighted by atomic mass is 16.5. The minimum Gasteiger partial charge on any atom is -0.550 e. The molecule has 126 valence electrons. The molecule has 1 aliphatic heterocycles. The van der Waals surface area contributed by atoms with E-state index in [-0.39, 0.29) is 24.2 Å². The lowest BCUT2D eigenvalue weighted by molar-refractivity contribution is -0.305. The van der Waals surface area contributed by atoms with Gasteiger partial charge < -0.3 is 24.7 Å². The van der Waals surface area contributed by atoms with Gasteiger partial charge in [0.05, 0.1) is 7.11 Å². The van der Waals surface area contributed by atoms with Crippen LogP contribution in [0.4, 0.5) is 0 Å². The fraction of sp³-hybridized carbons (Fsp3) is 0.529. The molecule has 23 heavy (non-hydrogen) atoms. The Labute approximate surface area is 135 Å². The van der Waals surface area contributed by atoms with Gasteiger partial charge in [0.1, 0.15) is 5.75 Å². The molecular weight excluding hydrogens is 298 g/mol. The van der Waals surface area contributed by atoms with E-state index in [0.717, 1.165) is 24.2 Å². The number of carboxylic acids is 1. The first-order valence-electron chi connectivity index (χ1n) is 7.74. The van der Waals surface area contributed by atoms with Crippen LogP contribution in [0.15, 0.2) is 24.3 Å². The Bertz CT molecular complexity index is 534. The van der Waals surface area contributed by atoms with Gasteiger partial charge >= 0.3 is 0 Å². The van der Waals surface area contributed by atoms with Gasteiger partial charge in [-0.2, -0.15) is 0 Å². The van der Waals surface area contributed by atoms with Crippen LogP contribution in [0.1, 0.15) is 31.2 Å². The second-order valence-corrected chi connectivity index (χ2v) is 5.77. The number of hydrogen-bond acceptors (Lipinski definition) is 5. The highest BCUT2D eigenvalue weighted by molar-refractivity contribution is 5.80. The molecular formula is C17H22NO5-. The van der Waals surface area contributed by atoms with Gasteiger partial charge in [-0.1, -0.05) is 12.1 Å². The van der Waals surface area contributed by atoms with Crippen molar-refractivity contribution in [3.63, 3.8) is 0 Å². The number of aliphatic carboxylic acids is 1. The van der Waals surface area contributed by atoms with E-state index in [4.69, 9.17) is 9.47 Å². The minimum absolute atomic E-state index is 0.0580. The Hall–Kier alpha value is -2.08. The third-order valence-corrected chi connectivity index (χ3v) is 4.33. The summed E-state index contributed by atoms with van der Waals surface area (Å²) in [7, 11) is 1.62. The molecule has 0 saturated carbocycles. The molecule has 6 nitrogen and oxygen atoms in total. The van der Waals surface area contributed by atoms with Crippen LogP contribution in [0.25, 0.3) is 0 Å². The summed E-state index contributed by atoms with van der Waals surface area (Å²) >= 11 is 0. The van der Waals surface area contributed by atoms with Crippen molar-refractivity contribution in [3.8, 4) is 5.75 Å².